The summed E-state index contributed by atoms with van der Waals surface area (Å²) >= 11 is 0. The number of tetrazole rings is 1. The van der Waals surface area contributed by atoms with Crippen LogP contribution in [0.25, 0.3) is 5.69 Å². The minimum Gasteiger partial charge on any atom is -0.452 e. The molecule has 0 aliphatic carbocycles. The lowest BCUT2D eigenvalue weighted by Gasteiger charge is -2.07. The Morgan fingerprint density at radius 3 is 2.84 bits per heavy atom. The Labute approximate surface area is 143 Å². The van der Waals surface area contributed by atoms with Crippen LogP contribution in [0.5, 0.6) is 0 Å². The first-order valence-corrected chi connectivity index (χ1v) is 7.68. The topological polar surface area (TPSA) is 128 Å². The van der Waals surface area contributed by atoms with Gasteiger partial charge in [0.05, 0.1) is 11.3 Å². The van der Waals surface area contributed by atoms with Gasteiger partial charge in [-0.3, -0.25) is 10.1 Å². The van der Waals surface area contributed by atoms with Crippen LogP contribution in [0.1, 0.15) is 30.1 Å². The molecule has 0 atom stereocenters. The third-order valence-corrected chi connectivity index (χ3v) is 3.10. The molecule has 0 aliphatic rings. The number of carbonyl (C=O) groups is 3. The number of carbonyl (C=O) groups excluding carboxylic acids is 3. The van der Waals surface area contributed by atoms with Gasteiger partial charge in [0.2, 0.25) is 0 Å². The second-order valence-corrected chi connectivity index (χ2v) is 5.04. The number of aromatic nitrogens is 4. The highest BCUT2D eigenvalue weighted by Gasteiger charge is 2.13. The van der Waals surface area contributed by atoms with Crippen molar-refractivity contribution in [2.75, 3.05) is 13.2 Å². The lowest BCUT2D eigenvalue weighted by atomic mass is 10.2. The van der Waals surface area contributed by atoms with Crippen molar-refractivity contribution < 1.29 is 19.1 Å². The highest BCUT2D eigenvalue weighted by molar-refractivity contribution is 5.97. The minimum absolute atomic E-state index is 0.230. The molecule has 1 aromatic carbocycles. The lowest BCUT2D eigenvalue weighted by molar-refractivity contribution is -0.123. The van der Waals surface area contributed by atoms with Gasteiger partial charge in [0.1, 0.15) is 6.33 Å². The first-order valence-electron chi connectivity index (χ1n) is 7.68. The predicted molar refractivity (Wildman–Crippen MR) is 85.9 cm³/mol. The summed E-state index contributed by atoms with van der Waals surface area (Å²) in [4.78, 5) is 35.0. The van der Waals surface area contributed by atoms with Gasteiger partial charge < -0.3 is 10.1 Å². The van der Waals surface area contributed by atoms with E-state index in [0.29, 0.717) is 12.2 Å². The molecule has 0 spiro atoms. The molecular formula is C15H18N6O4. The van der Waals surface area contributed by atoms with Gasteiger partial charge in [0.15, 0.2) is 6.61 Å². The maximum absolute atomic E-state index is 12.0. The number of ether oxygens (including phenoxy) is 1. The van der Waals surface area contributed by atoms with E-state index < -0.39 is 24.5 Å². The number of esters is 1. The van der Waals surface area contributed by atoms with E-state index in [2.05, 4.69) is 26.2 Å². The molecule has 0 saturated carbocycles. The van der Waals surface area contributed by atoms with Crippen molar-refractivity contribution in [3.8, 4) is 5.69 Å². The van der Waals surface area contributed by atoms with Crippen molar-refractivity contribution in [3.05, 3.63) is 36.2 Å². The number of rotatable bonds is 7. The molecule has 2 aromatic rings. The maximum Gasteiger partial charge on any atom is 0.338 e. The van der Waals surface area contributed by atoms with Crippen molar-refractivity contribution >= 4 is 17.9 Å². The first kappa shape index (κ1) is 18.0. The summed E-state index contributed by atoms with van der Waals surface area (Å²) in [6.07, 6.45) is 3.12. The highest BCUT2D eigenvalue weighted by Crippen LogP contribution is 2.09. The molecule has 10 nitrogen and oxygen atoms in total. The van der Waals surface area contributed by atoms with E-state index in [-0.39, 0.29) is 5.56 Å². The molecule has 10 heteroatoms. The lowest BCUT2D eigenvalue weighted by Crippen LogP contribution is -2.41. The Kier molecular flexibility index (Phi) is 6.57. The molecule has 2 N–H and O–H groups in total. The quantitative estimate of drug-likeness (QED) is 0.550. The molecule has 0 bridgehead atoms. The van der Waals surface area contributed by atoms with Crippen molar-refractivity contribution in [1.29, 1.82) is 0 Å². The second kappa shape index (κ2) is 9.11. The number of nitrogens with zero attached hydrogens (tertiary/aromatic N) is 4. The van der Waals surface area contributed by atoms with Crippen LogP contribution in [0.15, 0.2) is 30.6 Å². The summed E-state index contributed by atoms with van der Waals surface area (Å²) in [5.74, 6) is -1.41. The Hall–Kier alpha value is -3.30. The zero-order chi connectivity index (χ0) is 18.1. The number of amides is 3. The number of hydrogen-bond donors (Lipinski definition) is 2. The molecule has 2 rings (SSSR count). The molecule has 132 valence electrons. The van der Waals surface area contributed by atoms with E-state index in [4.69, 9.17) is 4.74 Å². The van der Waals surface area contributed by atoms with E-state index >= 15 is 0 Å². The average Bonchev–Trinajstić information content (AvgIpc) is 3.14. The van der Waals surface area contributed by atoms with Crippen molar-refractivity contribution in [3.63, 3.8) is 0 Å². The molecule has 0 unspecified atom stereocenters. The standard InChI is InChI=1S/C15H18N6O4/c1-2-3-7-16-15(24)18-13(22)9-25-14(23)11-5-4-6-12(8-11)21-10-17-19-20-21/h4-6,8,10H,2-3,7,9H2,1H3,(H2,16,18,22,24). The monoisotopic (exact) mass is 346 g/mol. The number of nitrogens with one attached hydrogen (secondary N) is 2. The van der Waals surface area contributed by atoms with E-state index in [0.717, 1.165) is 12.8 Å². The van der Waals surface area contributed by atoms with Crippen LogP contribution in [0.2, 0.25) is 0 Å². The third kappa shape index (κ3) is 5.68. The van der Waals surface area contributed by atoms with Gasteiger partial charge in [-0.15, -0.1) is 5.10 Å². The second-order valence-electron chi connectivity index (χ2n) is 5.04. The van der Waals surface area contributed by atoms with Gasteiger partial charge >= 0.3 is 12.0 Å². The van der Waals surface area contributed by atoms with E-state index in [1.165, 1.54) is 23.1 Å². The summed E-state index contributed by atoms with van der Waals surface area (Å²) < 4.78 is 6.28. The van der Waals surface area contributed by atoms with Crippen LogP contribution >= 0.6 is 0 Å². The summed E-state index contributed by atoms with van der Waals surface area (Å²) in [7, 11) is 0. The minimum atomic E-state index is -0.709. The van der Waals surface area contributed by atoms with E-state index in [1.807, 2.05) is 6.92 Å². The average molecular weight is 346 g/mol. The Morgan fingerprint density at radius 2 is 2.12 bits per heavy atom. The molecule has 0 radical (unpaired) electrons. The summed E-state index contributed by atoms with van der Waals surface area (Å²) in [5.41, 5.74) is 0.799. The van der Waals surface area contributed by atoms with E-state index in [9.17, 15) is 14.4 Å². The SMILES string of the molecule is CCCCNC(=O)NC(=O)COC(=O)c1cccc(-n2cnnn2)c1. The maximum atomic E-state index is 12.0. The van der Waals surface area contributed by atoms with Crippen LogP contribution < -0.4 is 10.6 Å². The van der Waals surface area contributed by atoms with E-state index in [1.54, 1.807) is 12.1 Å². The number of benzene rings is 1. The van der Waals surface area contributed by atoms with Gasteiger partial charge in [0, 0.05) is 6.54 Å². The zero-order valence-electron chi connectivity index (χ0n) is 13.6. The largest absolute Gasteiger partial charge is 0.452 e. The fourth-order valence-corrected chi connectivity index (χ4v) is 1.86. The summed E-state index contributed by atoms with van der Waals surface area (Å²) in [6, 6.07) is 5.78. The number of hydrogen-bond acceptors (Lipinski definition) is 7. The number of urea groups is 1. The van der Waals surface area contributed by atoms with Gasteiger partial charge in [-0.05, 0) is 35.0 Å². The summed E-state index contributed by atoms with van der Waals surface area (Å²) in [6.45, 7) is 1.90. The zero-order valence-corrected chi connectivity index (χ0v) is 13.6. The molecule has 3 amide bonds. The van der Waals surface area contributed by atoms with Gasteiger partial charge in [-0.1, -0.05) is 19.4 Å². The van der Waals surface area contributed by atoms with Crippen molar-refractivity contribution in [1.82, 2.24) is 30.8 Å². The molecular weight excluding hydrogens is 328 g/mol. The van der Waals surface area contributed by atoms with Crippen LogP contribution in [0.3, 0.4) is 0 Å². The third-order valence-electron chi connectivity index (χ3n) is 3.10. The predicted octanol–water partition coefficient (Wildman–Crippen LogP) is 0.445. The smallest absolute Gasteiger partial charge is 0.338 e. The molecule has 0 aliphatic heterocycles. The van der Waals surface area contributed by atoms with Gasteiger partial charge in [0.25, 0.3) is 5.91 Å². The molecule has 0 fully saturated rings. The first-order chi connectivity index (χ1) is 12.1. The van der Waals surface area contributed by atoms with Crippen molar-refractivity contribution in [2.45, 2.75) is 19.8 Å². The summed E-state index contributed by atoms with van der Waals surface area (Å²) in [5, 5.41) is 15.4. The van der Waals surface area contributed by atoms with Crippen molar-refractivity contribution in [2.24, 2.45) is 0 Å². The van der Waals surface area contributed by atoms with Crippen LogP contribution in [-0.4, -0.2) is 51.3 Å². The number of imide groups is 1. The molecule has 1 aromatic heterocycles. The Morgan fingerprint density at radius 1 is 1.28 bits per heavy atom. The Balaban J connectivity index is 1.83. The van der Waals surface area contributed by atoms with Crippen LogP contribution in [-0.2, 0) is 9.53 Å². The number of unbranched alkanes of at least 4 members (excludes halogenated alkanes) is 1. The van der Waals surface area contributed by atoms with Crippen LogP contribution in [0.4, 0.5) is 4.79 Å². The fourth-order valence-electron chi connectivity index (χ4n) is 1.86. The normalized spacial score (nSPS) is 10.1. The highest BCUT2D eigenvalue weighted by atomic mass is 16.5. The van der Waals surface area contributed by atoms with Crippen LogP contribution in [0, 0.1) is 0 Å². The van der Waals surface area contributed by atoms with Gasteiger partial charge in [-0.2, -0.15) is 0 Å². The van der Waals surface area contributed by atoms with Gasteiger partial charge in [-0.25, -0.2) is 14.3 Å². The molecule has 0 saturated heterocycles. The molecule has 1 heterocycles. The fraction of sp³-hybridized carbons (Fsp3) is 0.333. The molecule has 25 heavy (non-hydrogen) atoms. The Bertz CT molecular complexity index is 731.